The highest BCUT2D eigenvalue weighted by Gasteiger charge is 2.40. The van der Waals surface area contributed by atoms with Gasteiger partial charge in [-0.1, -0.05) is 23.2 Å². The van der Waals surface area contributed by atoms with Gasteiger partial charge in [0.25, 0.3) is 0 Å². The highest BCUT2D eigenvalue weighted by atomic mass is 35.5. The number of amides is 2. The van der Waals surface area contributed by atoms with Crippen molar-refractivity contribution in [1.82, 2.24) is 0 Å². The van der Waals surface area contributed by atoms with E-state index in [0.29, 0.717) is 20.6 Å². The highest BCUT2D eigenvalue weighted by molar-refractivity contribution is 8.00. The van der Waals surface area contributed by atoms with E-state index >= 15 is 0 Å². The Bertz CT molecular complexity index is 826. The molecule has 0 unspecified atom stereocenters. The van der Waals surface area contributed by atoms with Gasteiger partial charge in [-0.15, -0.1) is 11.8 Å². The van der Waals surface area contributed by atoms with E-state index in [2.05, 4.69) is 0 Å². The minimum absolute atomic E-state index is 0.0683. The molecule has 24 heavy (non-hydrogen) atoms. The summed E-state index contributed by atoms with van der Waals surface area (Å²) in [7, 11) is 0. The van der Waals surface area contributed by atoms with Gasteiger partial charge in [-0.2, -0.15) is 0 Å². The van der Waals surface area contributed by atoms with E-state index < -0.39 is 11.1 Å². The number of benzene rings is 2. The third-order valence-electron chi connectivity index (χ3n) is 3.67. The number of rotatable bonds is 3. The van der Waals surface area contributed by atoms with Crippen LogP contribution in [0.3, 0.4) is 0 Å². The summed E-state index contributed by atoms with van der Waals surface area (Å²) in [6.07, 6.45) is 0.0683. The van der Waals surface area contributed by atoms with Crippen molar-refractivity contribution in [3.63, 3.8) is 0 Å². The minimum atomic E-state index is -0.569. The van der Waals surface area contributed by atoms with Crippen LogP contribution in [0.25, 0.3) is 0 Å². The molecule has 0 bridgehead atoms. The van der Waals surface area contributed by atoms with E-state index in [1.54, 1.807) is 12.1 Å². The zero-order chi connectivity index (χ0) is 17.4. The van der Waals surface area contributed by atoms with Crippen LogP contribution in [-0.4, -0.2) is 17.1 Å². The second kappa shape index (κ2) is 6.75. The molecule has 1 saturated heterocycles. The van der Waals surface area contributed by atoms with Crippen molar-refractivity contribution in [2.24, 2.45) is 0 Å². The molecule has 1 atom stereocenters. The molecular formula is C17H12Cl2FNO2S. The standard InChI is InChI=1S/C17H12Cl2FNO2S/c1-9-6-14(13(19)7-12(9)18)24-15-8-16(22)21(17(15)23)11-4-2-10(20)3-5-11/h2-7,15H,8H2,1H3/t15-/m1/s1. The molecule has 1 aliphatic heterocycles. The van der Waals surface area contributed by atoms with Gasteiger partial charge in [-0.25, -0.2) is 9.29 Å². The minimum Gasteiger partial charge on any atom is -0.274 e. The summed E-state index contributed by atoms with van der Waals surface area (Å²) < 4.78 is 13.0. The maximum atomic E-state index is 13.0. The van der Waals surface area contributed by atoms with Crippen molar-refractivity contribution in [3.05, 3.63) is 57.8 Å². The fourth-order valence-corrected chi connectivity index (χ4v) is 4.10. The normalized spacial score (nSPS) is 17.7. The quantitative estimate of drug-likeness (QED) is 0.709. The molecule has 1 fully saturated rings. The fraction of sp³-hybridized carbons (Fsp3) is 0.176. The van der Waals surface area contributed by atoms with Gasteiger partial charge in [0.15, 0.2) is 0 Å². The Morgan fingerprint density at radius 2 is 1.79 bits per heavy atom. The third kappa shape index (κ3) is 3.29. The van der Waals surface area contributed by atoms with Crippen LogP contribution >= 0.6 is 35.0 Å². The lowest BCUT2D eigenvalue weighted by atomic mass is 10.2. The lowest BCUT2D eigenvalue weighted by Gasteiger charge is -2.15. The second-order valence-corrected chi connectivity index (χ2v) is 7.45. The van der Waals surface area contributed by atoms with Crippen LogP contribution in [0, 0.1) is 12.7 Å². The van der Waals surface area contributed by atoms with Gasteiger partial charge in [0.2, 0.25) is 11.8 Å². The molecule has 7 heteroatoms. The van der Waals surface area contributed by atoms with Gasteiger partial charge in [-0.3, -0.25) is 9.59 Å². The van der Waals surface area contributed by atoms with Crippen LogP contribution in [-0.2, 0) is 9.59 Å². The average Bonchev–Trinajstić information content (AvgIpc) is 2.80. The van der Waals surface area contributed by atoms with Crippen LogP contribution in [0.1, 0.15) is 12.0 Å². The molecule has 0 aliphatic carbocycles. The lowest BCUT2D eigenvalue weighted by molar-refractivity contribution is -0.121. The van der Waals surface area contributed by atoms with E-state index in [-0.39, 0.29) is 18.2 Å². The topological polar surface area (TPSA) is 37.4 Å². The average molecular weight is 384 g/mol. The van der Waals surface area contributed by atoms with Crippen LogP contribution in [0.4, 0.5) is 10.1 Å². The Kier molecular flexibility index (Phi) is 4.85. The molecule has 0 N–H and O–H groups in total. The predicted molar refractivity (Wildman–Crippen MR) is 94.4 cm³/mol. The zero-order valence-corrected chi connectivity index (χ0v) is 14.9. The van der Waals surface area contributed by atoms with Crippen LogP contribution in [0.5, 0.6) is 0 Å². The second-order valence-electron chi connectivity index (χ2n) is 5.39. The van der Waals surface area contributed by atoms with Gasteiger partial charge in [-0.05, 0) is 48.9 Å². The smallest absolute Gasteiger partial charge is 0.247 e. The molecule has 1 heterocycles. The molecular weight excluding hydrogens is 372 g/mol. The molecule has 0 aromatic heterocycles. The number of imide groups is 1. The molecule has 0 spiro atoms. The maximum Gasteiger partial charge on any atom is 0.247 e. The first-order valence-corrected chi connectivity index (χ1v) is 8.75. The molecule has 0 radical (unpaired) electrons. The van der Waals surface area contributed by atoms with Crippen molar-refractivity contribution < 1.29 is 14.0 Å². The van der Waals surface area contributed by atoms with Crippen molar-refractivity contribution in [2.45, 2.75) is 23.5 Å². The third-order valence-corrected chi connectivity index (χ3v) is 5.75. The Balaban J connectivity index is 1.84. The molecule has 1 aliphatic rings. The number of carbonyl (C=O) groups is 2. The van der Waals surface area contributed by atoms with Crippen molar-refractivity contribution in [1.29, 1.82) is 0 Å². The molecule has 124 valence electrons. The Labute approximate surface area is 152 Å². The molecule has 2 aromatic rings. The van der Waals surface area contributed by atoms with Crippen LogP contribution in [0.15, 0.2) is 41.3 Å². The number of halogens is 3. The fourth-order valence-electron chi connectivity index (χ4n) is 2.43. The number of aryl methyl sites for hydroxylation is 1. The van der Waals surface area contributed by atoms with Gasteiger partial charge in [0.05, 0.1) is 16.0 Å². The largest absolute Gasteiger partial charge is 0.274 e. The zero-order valence-electron chi connectivity index (χ0n) is 12.6. The molecule has 2 aromatic carbocycles. The number of nitrogens with zero attached hydrogens (tertiary/aromatic N) is 1. The summed E-state index contributed by atoms with van der Waals surface area (Å²) in [5, 5.41) is 0.419. The number of anilines is 1. The summed E-state index contributed by atoms with van der Waals surface area (Å²) in [5.41, 5.74) is 1.21. The van der Waals surface area contributed by atoms with E-state index in [1.165, 1.54) is 36.0 Å². The summed E-state index contributed by atoms with van der Waals surface area (Å²) in [5.74, 6) is -1.07. The molecule has 0 saturated carbocycles. The summed E-state index contributed by atoms with van der Waals surface area (Å²) >= 11 is 13.4. The van der Waals surface area contributed by atoms with Gasteiger partial charge in [0.1, 0.15) is 5.82 Å². The van der Waals surface area contributed by atoms with Crippen molar-refractivity contribution in [3.8, 4) is 0 Å². The van der Waals surface area contributed by atoms with Crippen LogP contribution in [0.2, 0.25) is 10.0 Å². The number of hydrogen-bond acceptors (Lipinski definition) is 3. The molecule has 2 amide bonds. The molecule has 3 rings (SSSR count). The summed E-state index contributed by atoms with van der Waals surface area (Å²) in [6, 6.07) is 8.69. The van der Waals surface area contributed by atoms with Gasteiger partial charge < -0.3 is 0 Å². The maximum absolute atomic E-state index is 13.0. The van der Waals surface area contributed by atoms with E-state index in [4.69, 9.17) is 23.2 Å². The van der Waals surface area contributed by atoms with E-state index in [0.717, 1.165) is 10.5 Å². The van der Waals surface area contributed by atoms with E-state index in [9.17, 15) is 14.0 Å². The number of hydrogen-bond donors (Lipinski definition) is 0. The number of carbonyl (C=O) groups excluding carboxylic acids is 2. The predicted octanol–water partition coefficient (Wildman–Crippen LogP) is 4.87. The Hall–Kier alpha value is -1.56. The van der Waals surface area contributed by atoms with Gasteiger partial charge in [0, 0.05) is 16.3 Å². The van der Waals surface area contributed by atoms with Crippen molar-refractivity contribution >= 4 is 52.5 Å². The highest BCUT2D eigenvalue weighted by Crippen LogP contribution is 2.39. The lowest BCUT2D eigenvalue weighted by Crippen LogP contribution is -2.31. The molecule has 3 nitrogen and oxygen atoms in total. The van der Waals surface area contributed by atoms with E-state index in [1.807, 2.05) is 6.92 Å². The first kappa shape index (κ1) is 17.3. The SMILES string of the molecule is Cc1cc(S[C@@H]2CC(=O)N(c3ccc(F)cc3)C2=O)c(Cl)cc1Cl. The van der Waals surface area contributed by atoms with Crippen LogP contribution < -0.4 is 4.90 Å². The number of thioether (sulfide) groups is 1. The van der Waals surface area contributed by atoms with Gasteiger partial charge >= 0.3 is 0 Å². The Morgan fingerprint density at radius 1 is 1.12 bits per heavy atom. The first-order chi connectivity index (χ1) is 11.4. The monoisotopic (exact) mass is 383 g/mol. The first-order valence-electron chi connectivity index (χ1n) is 7.11. The van der Waals surface area contributed by atoms with Crippen molar-refractivity contribution in [2.75, 3.05) is 4.90 Å². The Morgan fingerprint density at radius 3 is 2.46 bits per heavy atom. The summed E-state index contributed by atoms with van der Waals surface area (Å²) in [6.45, 7) is 1.84. The summed E-state index contributed by atoms with van der Waals surface area (Å²) in [4.78, 5) is 26.6.